The summed E-state index contributed by atoms with van der Waals surface area (Å²) in [6.07, 6.45) is 3.31. The number of rotatable bonds is 3. The molecule has 0 aliphatic carbocycles. The van der Waals surface area contributed by atoms with Gasteiger partial charge >= 0.3 is 0 Å². The largest absolute Gasteiger partial charge is 0.392 e. The highest BCUT2D eigenvalue weighted by Crippen LogP contribution is 2.20. The lowest BCUT2D eigenvalue weighted by Crippen LogP contribution is -2.41. The van der Waals surface area contributed by atoms with Gasteiger partial charge in [-0.15, -0.1) is 0 Å². The average Bonchev–Trinajstić information content (AvgIpc) is 2.21. The van der Waals surface area contributed by atoms with Crippen LogP contribution in [0.4, 0.5) is 5.69 Å². The number of nitrogens with two attached hydrogens (primary N) is 1. The molecule has 0 aliphatic rings. The molecule has 16 heavy (non-hydrogen) atoms. The molecule has 1 heterocycles. The molecular formula is C11H15N3OS. The number of nitrogens with zero attached hydrogens (tertiary/aromatic N) is 1. The lowest BCUT2D eigenvalue weighted by molar-refractivity contribution is -0.121. The van der Waals surface area contributed by atoms with Gasteiger partial charge in [-0.3, -0.25) is 9.78 Å². The normalized spacial score (nSPS) is 10.9. The number of aromatic nitrogens is 1. The van der Waals surface area contributed by atoms with E-state index in [1.165, 1.54) is 0 Å². The van der Waals surface area contributed by atoms with Crippen LogP contribution in [0.15, 0.2) is 18.5 Å². The first-order valence-electron chi connectivity index (χ1n) is 4.87. The van der Waals surface area contributed by atoms with Crippen LogP contribution in [0.25, 0.3) is 0 Å². The Morgan fingerprint density at radius 3 is 2.69 bits per heavy atom. The second kappa shape index (κ2) is 4.57. The number of amides is 1. The Bertz CT molecular complexity index is 429. The summed E-state index contributed by atoms with van der Waals surface area (Å²) in [5.74, 6) is -0.214. The van der Waals surface area contributed by atoms with Crippen LogP contribution in [0.1, 0.15) is 19.4 Å². The molecule has 0 fully saturated rings. The van der Waals surface area contributed by atoms with Crippen molar-refractivity contribution in [2.24, 2.45) is 11.1 Å². The number of anilines is 1. The molecule has 0 unspecified atom stereocenters. The van der Waals surface area contributed by atoms with Gasteiger partial charge in [0.25, 0.3) is 0 Å². The molecule has 0 aliphatic heterocycles. The summed E-state index contributed by atoms with van der Waals surface area (Å²) < 4.78 is 0. The second-order valence-corrected chi connectivity index (χ2v) is 4.57. The Labute approximate surface area is 100 Å². The molecule has 1 aromatic heterocycles. The predicted octanol–water partition coefficient (Wildman–Crippen LogP) is 1.64. The zero-order valence-electron chi connectivity index (χ0n) is 9.57. The molecule has 0 atom stereocenters. The molecule has 1 amide bonds. The van der Waals surface area contributed by atoms with Crippen LogP contribution in [0.2, 0.25) is 0 Å². The molecule has 0 saturated heterocycles. The maximum absolute atomic E-state index is 11.9. The Kier molecular flexibility index (Phi) is 3.59. The highest BCUT2D eigenvalue weighted by molar-refractivity contribution is 7.80. The van der Waals surface area contributed by atoms with Crippen LogP contribution in [0.5, 0.6) is 0 Å². The zero-order chi connectivity index (χ0) is 12.3. The van der Waals surface area contributed by atoms with Gasteiger partial charge in [0.15, 0.2) is 0 Å². The number of hydrogen-bond donors (Lipinski definition) is 2. The first-order valence-corrected chi connectivity index (χ1v) is 5.28. The standard InChI is InChI=1S/C11H15N3OS/c1-7-6-13-5-4-8(7)14-10(15)11(2,3)9(12)16/h4-6H,1-3H3,(H2,12,16)(H,13,14,15). The minimum Gasteiger partial charge on any atom is -0.392 e. The third kappa shape index (κ3) is 2.55. The van der Waals surface area contributed by atoms with Crippen molar-refractivity contribution in [3.63, 3.8) is 0 Å². The Hall–Kier alpha value is -1.49. The summed E-state index contributed by atoms with van der Waals surface area (Å²) >= 11 is 4.86. The van der Waals surface area contributed by atoms with Crippen LogP contribution in [0, 0.1) is 12.3 Å². The van der Waals surface area contributed by atoms with Crippen LogP contribution < -0.4 is 11.1 Å². The first-order chi connectivity index (χ1) is 7.35. The maximum atomic E-state index is 11.9. The minimum absolute atomic E-state index is 0.178. The lowest BCUT2D eigenvalue weighted by atomic mass is 9.92. The minimum atomic E-state index is -0.856. The highest BCUT2D eigenvalue weighted by Gasteiger charge is 2.31. The fraction of sp³-hybridized carbons (Fsp3) is 0.364. The van der Waals surface area contributed by atoms with E-state index in [0.29, 0.717) is 0 Å². The van der Waals surface area contributed by atoms with E-state index >= 15 is 0 Å². The molecular weight excluding hydrogens is 222 g/mol. The van der Waals surface area contributed by atoms with E-state index in [1.807, 2.05) is 6.92 Å². The molecule has 0 bridgehead atoms. The van der Waals surface area contributed by atoms with Crippen LogP contribution in [-0.4, -0.2) is 15.9 Å². The summed E-state index contributed by atoms with van der Waals surface area (Å²) in [5.41, 5.74) is 6.29. The van der Waals surface area contributed by atoms with Gasteiger partial charge in [-0.1, -0.05) is 12.2 Å². The maximum Gasteiger partial charge on any atom is 0.236 e. The van der Waals surface area contributed by atoms with Crippen molar-refractivity contribution in [2.45, 2.75) is 20.8 Å². The Balaban J connectivity index is 2.88. The van der Waals surface area contributed by atoms with E-state index in [2.05, 4.69) is 10.3 Å². The zero-order valence-corrected chi connectivity index (χ0v) is 10.4. The van der Waals surface area contributed by atoms with Crippen molar-refractivity contribution in [2.75, 3.05) is 5.32 Å². The first kappa shape index (κ1) is 12.6. The number of carbonyl (C=O) groups is 1. The van der Waals surface area contributed by atoms with Crippen molar-refractivity contribution in [1.82, 2.24) is 4.98 Å². The number of carbonyl (C=O) groups excluding carboxylic acids is 1. The van der Waals surface area contributed by atoms with E-state index in [1.54, 1.807) is 32.3 Å². The number of aryl methyl sites for hydroxylation is 1. The van der Waals surface area contributed by atoms with Gasteiger partial charge in [0.05, 0.1) is 10.4 Å². The van der Waals surface area contributed by atoms with Crippen molar-refractivity contribution in [1.29, 1.82) is 0 Å². The average molecular weight is 237 g/mol. The predicted molar refractivity (Wildman–Crippen MR) is 68.2 cm³/mol. The molecule has 4 nitrogen and oxygen atoms in total. The van der Waals surface area contributed by atoms with Crippen molar-refractivity contribution >= 4 is 28.8 Å². The van der Waals surface area contributed by atoms with Crippen molar-refractivity contribution in [3.05, 3.63) is 24.0 Å². The second-order valence-electron chi connectivity index (χ2n) is 4.13. The van der Waals surface area contributed by atoms with Gasteiger partial charge in [-0.25, -0.2) is 0 Å². The molecule has 3 N–H and O–H groups in total. The summed E-state index contributed by atoms with van der Waals surface area (Å²) in [7, 11) is 0. The molecule has 1 aromatic rings. The molecule has 1 rings (SSSR count). The monoisotopic (exact) mass is 237 g/mol. The quantitative estimate of drug-likeness (QED) is 0.784. The van der Waals surface area contributed by atoms with Crippen molar-refractivity contribution < 1.29 is 4.79 Å². The highest BCUT2D eigenvalue weighted by atomic mass is 32.1. The van der Waals surface area contributed by atoms with Gasteiger partial charge in [0.2, 0.25) is 5.91 Å². The SMILES string of the molecule is Cc1cnccc1NC(=O)C(C)(C)C(N)=S. The van der Waals surface area contributed by atoms with Crippen LogP contribution >= 0.6 is 12.2 Å². The number of thiocarbonyl (C=S) groups is 1. The molecule has 0 spiro atoms. The summed E-state index contributed by atoms with van der Waals surface area (Å²) in [4.78, 5) is 16.1. The summed E-state index contributed by atoms with van der Waals surface area (Å²) in [6, 6.07) is 1.74. The lowest BCUT2D eigenvalue weighted by Gasteiger charge is -2.22. The van der Waals surface area contributed by atoms with Crippen molar-refractivity contribution in [3.8, 4) is 0 Å². The summed E-state index contributed by atoms with van der Waals surface area (Å²) in [6.45, 7) is 5.26. The number of nitrogens with one attached hydrogen (secondary N) is 1. The van der Waals surface area contributed by atoms with E-state index in [9.17, 15) is 4.79 Å². The van der Waals surface area contributed by atoms with Gasteiger partial charge in [-0.2, -0.15) is 0 Å². The van der Waals surface area contributed by atoms with Gasteiger partial charge in [0, 0.05) is 18.1 Å². The molecule has 5 heteroatoms. The molecule has 0 radical (unpaired) electrons. The fourth-order valence-electron chi connectivity index (χ4n) is 1.00. The topological polar surface area (TPSA) is 68.0 Å². The number of pyridine rings is 1. The van der Waals surface area contributed by atoms with Gasteiger partial charge < -0.3 is 11.1 Å². The Morgan fingerprint density at radius 2 is 2.19 bits per heavy atom. The Morgan fingerprint density at radius 1 is 1.56 bits per heavy atom. The fourth-order valence-corrected chi connectivity index (χ4v) is 1.10. The summed E-state index contributed by atoms with van der Waals surface area (Å²) in [5, 5.41) is 2.79. The van der Waals surface area contributed by atoms with E-state index < -0.39 is 5.41 Å². The van der Waals surface area contributed by atoms with Gasteiger partial charge in [0.1, 0.15) is 0 Å². The van der Waals surface area contributed by atoms with E-state index in [0.717, 1.165) is 11.3 Å². The van der Waals surface area contributed by atoms with Crippen LogP contribution in [0.3, 0.4) is 0 Å². The molecule has 0 saturated carbocycles. The molecule has 86 valence electrons. The smallest absolute Gasteiger partial charge is 0.236 e. The third-order valence-corrected chi connectivity index (χ3v) is 2.96. The van der Waals surface area contributed by atoms with E-state index in [4.69, 9.17) is 18.0 Å². The third-order valence-electron chi connectivity index (χ3n) is 2.45. The number of hydrogen-bond acceptors (Lipinski definition) is 3. The van der Waals surface area contributed by atoms with Gasteiger partial charge in [-0.05, 0) is 32.4 Å². The van der Waals surface area contributed by atoms with Crippen LogP contribution in [-0.2, 0) is 4.79 Å². The van der Waals surface area contributed by atoms with E-state index in [-0.39, 0.29) is 10.9 Å². The molecule has 0 aromatic carbocycles.